The molecular weight excluding hydrogens is 959 g/mol. The van der Waals surface area contributed by atoms with E-state index in [2.05, 4.69) is 56.4 Å². The van der Waals surface area contributed by atoms with Crippen molar-refractivity contribution in [2.45, 2.75) is 309 Å². The van der Waals surface area contributed by atoms with Crippen molar-refractivity contribution in [2.24, 2.45) is 0 Å². The number of esters is 2. The number of carboxylic acids is 1. The van der Waals surface area contributed by atoms with Gasteiger partial charge in [0.05, 0.1) is 46.7 Å². The fourth-order valence-corrected chi connectivity index (χ4v) is 9.38. The highest BCUT2D eigenvalue weighted by molar-refractivity contribution is 5.71. The maximum atomic E-state index is 12.8. The standard InChI is InChI=1S/C68H123NO8/c1-6-8-10-12-14-16-18-20-22-23-24-25-26-27-28-29-30-31-32-33-34-35-36-37-38-39-40-41-42-43-45-46-48-50-52-54-56-58-65(70)75-62-64(63-76-68(67(72)73)74-61-60-69(3,4)5)77-66(71)59-57-55-53-51-49-47-44-21-19-17-15-13-11-9-7-2/h9,11,15,17,21,44,49,51,55,57,64,68H,6-8,10,12-14,16,18-20,22-43,45-48,50,52-54,56,58-63H2,1-5H3/b11-9-,17-15-,44-21-,51-49-,57-55-. The first-order valence-corrected chi connectivity index (χ1v) is 32.4. The summed E-state index contributed by atoms with van der Waals surface area (Å²) in [6.07, 6.45) is 73.7. The van der Waals surface area contributed by atoms with Crippen LogP contribution in [-0.4, -0.2) is 82.3 Å². The minimum atomic E-state index is -1.65. The van der Waals surface area contributed by atoms with Gasteiger partial charge < -0.3 is 33.3 Å². The predicted octanol–water partition coefficient (Wildman–Crippen LogP) is 18.2. The second kappa shape index (κ2) is 59.1. The number of quaternary nitrogens is 1. The van der Waals surface area contributed by atoms with Gasteiger partial charge in [0.2, 0.25) is 0 Å². The van der Waals surface area contributed by atoms with Gasteiger partial charge in [-0.25, -0.2) is 0 Å². The summed E-state index contributed by atoms with van der Waals surface area (Å²) in [5.41, 5.74) is 0. The predicted molar refractivity (Wildman–Crippen MR) is 325 cm³/mol. The third-order valence-corrected chi connectivity index (χ3v) is 14.3. The fourth-order valence-electron chi connectivity index (χ4n) is 9.38. The molecule has 2 atom stereocenters. The largest absolute Gasteiger partial charge is 0.545 e. The monoisotopic (exact) mass is 1080 g/mol. The van der Waals surface area contributed by atoms with E-state index >= 15 is 0 Å². The molecule has 0 saturated carbocycles. The molecule has 0 aliphatic rings. The van der Waals surface area contributed by atoms with Crippen LogP contribution in [0, 0.1) is 0 Å². The molecule has 0 N–H and O–H groups in total. The molecule has 0 saturated heterocycles. The molecule has 0 heterocycles. The zero-order chi connectivity index (χ0) is 56.2. The summed E-state index contributed by atoms with van der Waals surface area (Å²) < 4.78 is 22.5. The number of nitrogens with zero attached hydrogens (tertiary/aromatic N) is 1. The molecule has 0 aromatic rings. The smallest absolute Gasteiger partial charge is 0.310 e. The highest BCUT2D eigenvalue weighted by Crippen LogP contribution is 2.18. The average Bonchev–Trinajstić information content (AvgIpc) is 3.40. The van der Waals surface area contributed by atoms with E-state index in [9.17, 15) is 19.5 Å². The number of likely N-dealkylation sites (N-methyl/N-ethyl adjacent to an activating group) is 1. The first-order valence-electron chi connectivity index (χ1n) is 32.4. The van der Waals surface area contributed by atoms with E-state index in [1.807, 2.05) is 33.3 Å². The maximum Gasteiger partial charge on any atom is 0.310 e. The van der Waals surface area contributed by atoms with Crippen molar-refractivity contribution < 1.29 is 42.9 Å². The lowest BCUT2D eigenvalue weighted by molar-refractivity contribution is -0.870. The highest BCUT2D eigenvalue weighted by atomic mass is 16.7. The Kier molecular flexibility index (Phi) is 56.8. The summed E-state index contributed by atoms with van der Waals surface area (Å²) in [4.78, 5) is 37.2. The lowest BCUT2D eigenvalue weighted by Gasteiger charge is -2.26. The zero-order valence-electron chi connectivity index (χ0n) is 51.1. The Bertz CT molecular complexity index is 1450. The van der Waals surface area contributed by atoms with Gasteiger partial charge in [-0.2, -0.15) is 0 Å². The van der Waals surface area contributed by atoms with E-state index in [1.54, 1.807) is 6.08 Å². The van der Waals surface area contributed by atoms with Gasteiger partial charge in [0.25, 0.3) is 0 Å². The number of unbranched alkanes of at least 4 members (excludes halogenated alkanes) is 36. The normalized spacial score (nSPS) is 13.1. The van der Waals surface area contributed by atoms with Crippen molar-refractivity contribution >= 4 is 17.9 Å². The molecule has 0 amide bonds. The number of ether oxygens (including phenoxy) is 4. The molecular formula is C68H123NO8. The molecule has 77 heavy (non-hydrogen) atoms. The number of carbonyl (C=O) groups excluding carboxylic acids is 3. The van der Waals surface area contributed by atoms with Crippen molar-refractivity contribution in [1.82, 2.24) is 0 Å². The Morgan fingerprint density at radius 1 is 0.403 bits per heavy atom. The third-order valence-electron chi connectivity index (χ3n) is 14.3. The topological polar surface area (TPSA) is 111 Å². The lowest BCUT2D eigenvalue weighted by Crippen LogP contribution is -2.44. The zero-order valence-corrected chi connectivity index (χ0v) is 51.1. The molecule has 0 bridgehead atoms. The molecule has 0 rings (SSSR count). The number of carbonyl (C=O) groups is 3. The van der Waals surface area contributed by atoms with Crippen LogP contribution in [0.2, 0.25) is 0 Å². The summed E-state index contributed by atoms with van der Waals surface area (Å²) in [7, 11) is 5.89. The van der Waals surface area contributed by atoms with Crippen LogP contribution in [0.1, 0.15) is 296 Å². The summed E-state index contributed by atoms with van der Waals surface area (Å²) in [5, 5.41) is 11.8. The maximum absolute atomic E-state index is 12.8. The van der Waals surface area contributed by atoms with Gasteiger partial charge in [-0.1, -0.05) is 306 Å². The number of rotatable bonds is 60. The van der Waals surface area contributed by atoms with Gasteiger partial charge in [-0.15, -0.1) is 0 Å². The van der Waals surface area contributed by atoms with Gasteiger partial charge in [-0.05, 0) is 38.5 Å². The van der Waals surface area contributed by atoms with Crippen molar-refractivity contribution in [1.29, 1.82) is 0 Å². The molecule has 2 unspecified atom stereocenters. The minimum Gasteiger partial charge on any atom is -0.545 e. The lowest BCUT2D eigenvalue weighted by atomic mass is 10.0. The Hall–Kier alpha value is -3.01. The molecule has 0 fully saturated rings. The molecule has 9 nitrogen and oxygen atoms in total. The van der Waals surface area contributed by atoms with Crippen molar-refractivity contribution in [3.63, 3.8) is 0 Å². The Balaban J connectivity index is 3.99. The van der Waals surface area contributed by atoms with E-state index in [0.717, 1.165) is 44.9 Å². The Morgan fingerprint density at radius 2 is 0.727 bits per heavy atom. The van der Waals surface area contributed by atoms with Crippen molar-refractivity contribution in [3.05, 3.63) is 60.8 Å². The van der Waals surface area contributed by atoms with E-state index < -0.39 is 24.3 Å². The van der Waals surface area contributed by atoms with Crippen LogP contribution in [0.15, 0.2) is 60.8 Å². The quantitative estimate of drug-likeness (QED) is 0.0195. The van der Waals surface area contributed by atoms with E-state index in [1.165, 1.54) is 218 Å². The van der Waals surface area contributed by atoms with Gasteiger partial charge in [0.1, 0.15) is 13.2 Å². The number of aliphatic carboxylic acids is 1. The Morgan fingerprint density at radius 3 is 1.05 bits per heavy atom. The van der Waals surface area contributed by atoms with Crippen LogP contribution in [-0.2, 0) is 33.3 Å². The molecule has 0 aromatic carbocycles. The highest BCUT2D eigenvalue weighted by Gasteiger charge is 2.21. The molecule has 0 aromatic heterocycles. The summed E-state index contributed by atoms with van der Waals surface area (Å²) in [6, 6.07) is 0. The summed E-state index contributed by atoms with van der Waals surface area (Å²) in [6.45, 7) is 4.55. The van der Waals surface area contributed by atoms with Gasteiger partial charge in [0.15, 0.2) is 12.4 Å². The van der Waals surface area contributed by atoms with E-state index in [-0.39, 0.29) is 38.6 Å². The van der Waals surface area contributed by atoms with Crippen LogP contribution >= 0.6 is 0 Å². The van der Waals surface area contributed by atoms with Gasteiger partial charge >= 0.3 is 11.9 Å². The second-order valence-corrected chi connectivity index (χ2v) is 23.1. The van der Waals surface area contributed by atoms with Crippen LogP contribution in [0.25, 0.3) is 0 Å². The van der Waals surface area contributed by atoms with E-state index in [4.69, 9.17) is 18.9 Å². The second-order valence-electron chi connectivity index (χ2n) is 23.1. The summed E-state index contributed by atoms with van der Waals surface area (Å²) in [5.74, 6) is -2.44. The molecule has 0 spiro atoms. The first kappa shape index (κ1) is 74.0. The van der Waals surface area contributed by atoms with Crippen LogP contribution < -0.4 is 5.11 Å². The fraction of sp³-hybridized carbons (Fsp3) is 0.809. The number of hydrogen-bond donors (Lipinski definition) is 0. The number of hydrogen-bond acceptors (Lipinski definition) is 8. The van der Waals surface area contributed by atoms with Crippen LogP contribution in [0.4, 0.5) is 0 Å². The van der Waals surface area contributed by atoms with Gasteiger partial charge in [0, 0.05) is 6.42 Å². The molecule has 0 aliphatic carbocycles. The average molecular weight is 1080 g/mol. The Labute approximate surface area is 475 Å². The SMILES string of the molecule is CC/C=C\C/C=C\C/C=C\C/C=C\C/C=C\CC(=O)OC(COC(=O)CCCCCCCCCCCCCCCCCCCCCCCCCCCCCCCCCCCCCCC)COC(OCC[N+](C)(C)C)C(=O)[O-]. The van der Waals surface area contributed by atoms with Crippen molar-refractivity contribution in [2.75, 3.05) is 47.5 Å². The van der Waals surface area contributed by atoms with Gasteiger partial charge in [-0.3, -0.25) is 9.59 Å². The third kappa shape index (κ3) is 60.5. The minimum absolute atomic E-state index is 0.0155. The van der Waals surface area contributed by atoms with Crippen LogP contribution in [0.3, 0.4) is 0 Å². The molecule has 448 valence electrons. The van der Waals surface area contributed by atoms with Crippen molar-refractivity contribution in [3.8, 4) is 0 Å². The van der Waals surface area contributed by atoms with E-state index in [0.29, 0.717) is 17.4 Å². The number of allylic oxidation sites excluding steroid dienone is 9. The molecule has 9 heteroatoms. The number of carboxylic acid groups (broad SMARTS) is 1. The first-order chi connectivity index (χ1) is 37.6. The summed E-state index contributed by atoms with van der Waals surface area (Å²) >= 11 is 0. The molecule has 0 aliphatic heterocycles. The van der Waals surface area contributed by atoms with Crippen LogP contribution in [0.5, 0.6) is 0 Å². The molecule has 0 radical (unpaired) electrons.